The normalized spacial score (nSPS) is 13.1. The standard InChI is InChI=1S/C36H32FNO5/c1-22-10-9-13-28(16-22)38(27-11-7-6-8-12-27)35(40)21-31-23(2)30(29-15-14-26(37)20-32(29)31)17-25-18-33(41-4)36(43-24(3)39)34(19-25)42-5/h6-20H,21H2,1-5H3/b30-17-. The average Bonchev–Trinajstić information content (AvgIpc) is 3.23. The molecule has 0 spiro atoms. The van der Waals surface area contributed by atoms with Crippen molar-refractivity contribution in [3.05, 3.63) is 119 Å². The van der Waals surface area contributed by atoms with E-state index in [1.54, 1.807) is 23.1 Å². The number of hydrogen-bond donors (Lipinski definition) is 0. The van der Waals surface area contributed by atoms with Gasteiger partial charge in [-0.15, -0.1) is 0 Å². The molecule has 6 nitrogen and oxygen atoms in total. The number of methoxy groups -OCH3 is 2. The molecule has 0 unspecified atom stereocenters. The van der Waals surface area contributed by atoms with Crippen LogP contribution in [0.3, 0.4) is 0 Å². The van der Waals surface area contributed by atoms with Gasteiger partial charge in [0.15, 0.2) is 11.5 Å². The average molecular weight is 578 g/mol. The molecule has 0 saturated carbocycles. The third-order valence-corrected chi connectivity index (χ3v) is 7.34. The van der Waals surface area contributed by atoms with Crippen LogP contribution in [0.1, 0.15) is 42.5 Å². The third-order valence-electron chi connectivity index (χ3n) is 7.34. The molecular formula is C36H32FNO5. The molecule has 4 aromatic carbocycles. The number of amides is 1. The highest BCUT2D eigenvalue weighted by Gasteiger charge is 2.29. The van der Waals surface area contributed by atoms with Crippen LogP contribution in [0.15, 0.2) is 90.5 Å². The number of rotatable bonds is 8. The summed E-state index contributed by atoms with van der Waals surface area (Å²) in [5, 5.41) is 0. The lowest BCUT2D eigenvalue weighted by Crippen LogP contribution is -2.26. The summed E-state index contributed by atoms with van der Waals surface area (Å²) in [4.78, 5) is 27.5. The molecule has 7 heteroatoms. The van der Waals surface area contributed by atoms with Gasteiger partial charge in [0.1, 0.15) is 5.82 Å². The maximum atomic E-state index is 14.6. The van der Waals surface area contributed by atoms with E-state index in [2.05, 4.69) is 0 Å². The van der Waals surface area contributed by atoms with Crippen molar-refractivity contribution in [2.45, 2.75) is 27.2 Å². The summed E-state index contributed by atoms with van der Waals surface area (Å²) in [7, 11) is 2.96. The van der Waals surface area contributed by atoms with E-state index in [0.29, 0.717) is 22.6 Å². The molecule has 218 valence electrons. The van der Waals surface area contributed by atoms with Crippen LogP contribution in [-0.2, 0) is 9.59 Å². The molecule has 0 saturated heterocycles. The highest BCUT2D eigenvalue weighted by Crippen LogP contribution is 2.46. The van der Waals surface area contributed by atoms with Crippen LogP contribution in [0.25, 0.3) is 17.2 Å². The van der Waals surface area contributed by atoms with Gasteiger partial charge in [-0.1, -0.05) is 36.4 Å². The summed E-state index contributed by atoms with van der Waals surface area (Å²) in [6.07, 6.45) is 1.99. The van der Waals surface area contributed by atoms with Gasteiger partial charge in [0.25, 0.3) is 0 Å². The molecule has 0 aromatic heterocycles. The number of carbonyl (C=O) groups excluding carboxylic acids is 2. The minimum atomic E-state index is -0.502. The van der Waals surface area contributed by atoms with E-state index in [9.17, 15) is 14.0 Å². The first-order valence-corrected chi connectivity index (χ1v) is 13.8. The monoisotopic (exact) mass is 577 g/mol. The number of fused-ring (bicyclic) bond motifs is 1. The van der Waals surface area contributed by atoms with Crippen molar-refractivity contribution in [2.75, 3.05) is 19.1 Å². The van der Waals surface area contributed by atoms with Crippen LogP contribution in [0.5, 0.6) is 17.2 Å². The zero-order chi connectivity index (χ0) is 30.7. The van der Waals surface area contributed by atoms with Gasteiger partial charge in [-0.3, -0.25) is 14.5 Å². The quantitative estimate of drug-likeness (QED) is 0.156. The Balaban J connectivity index is 1.60. The topological polar surface area (TPSA) is 65.1 Å². The Kier molecular flexibility index (Phi) is 8.44. The van der Waals surface area contributed by atoms with Crippen molar-refractivity contribution < 1.29 is 28.2 Å². The number of allylic oxidation sites excluding steroid dienone is 2. The lowest BCUT2D eigenvalue weighted by molar-refractivity contribution is -0.132. The van der Waals surface area contributed by atoms with Gasteiger partial charge in [0, 0.05) is 18.3 Å². The van der Waals surface area contributed by atoms with Crippen LogP contribution in [0.2, 0.25) is 0 Å². The number of esters is 1. The Labute approximate surface area is 250 Å². The van der Waals surface area contributed by atoms with Crippen molar-refractivity contribution in [2.24, 2.45) is 0 Å². The lowest BCUT2D eigenvalue weighted by atomic mass is 10.00. The minimum absolute atomic E-state index is 0.0560. The molecule has 43 heavy (non-hydrogen) atoms. The van der Waals surface area contributed by atoms with Gasteiger partial charge in [-0.2, -0.15) is 0 Å². The van der Waals surface area contributed by atoms with Crippen molar-refractivity contribution >= 4 is 40.5 Å². The van der Waals surface area contributed by atoms with Crippen LogP contribution in [0.4, 0.5) is 15.8 Å². The van der Waals surface area contributed by atoms with Gasteiger partial charge in [-0.25, -0.2) is 4.39 Å². The van der Waals surface area contributed by atoms with Crippen LogP contribution in [-0.4, -0.2) is 26.1 Å². The predicted octanol–water partition coefficient (Wildman–Crippen LogP) is 8.16. The number of carbonyl (C=O) groups is 2. The van der Waals surface area contributed by atoms with Crippen molar-refractivity contribution in [1.82, 2.24) is 0 Å². The smallest absolute Gasteiger partial charge is 0.308 e. The number of anilines is 2. The number of ether oxygens (including phenoxy) is 3. The Morgan fingerprint density at radius 3 is 2.12 bits per heavy atom. The van der Waals surface area contributed by atoms with Crippen LogP contribution < -0.4 is 19.1 Å². The molecular weight excluding hydrogens is 545 g/mol. The second kappa shape index (κ2) is 12.4. The Hall–Kier alpha value is -5.17. The maximum absolute atomic E-state index is 14.6. The zero-order valence-electron chi connectivity index (χ0n) is 24.7. The lowest BCUT2D eigenvalue weighted by Gasteiger charge is -2.24. The summed E-state index contributed by atoms with van der Waals surface area (Å²) in [5.74, 6) is -0.191. The summed E-state index contributed by atoms with van der Waals surface area (Å²) < 4.78 is 31.0. The molecule has 0 N–H and O–H groups in total. The first-order valence-electron chi connectivity index (χ1n) is 13.8. The Morgan fingerprint density at radius 2 is 1.49 bits per heavy atom. The molecule has 1 aliphatic rings. The highest BCUT2D eigenvalue weighted by atomic mass is 19.1. The Morgan fingerprint density at radius 1 is 0.814 bits per heavy atom. The first-order chi connectivity index (χ1) is 20.7. The van der Waals surface area contributed by atoms with Gasteiger partial charge < -0.3 is 14.2 Å². The fourth-order valence-corrected chi connectivity index (χ4v) is 5.39. The molecule has 0 fully saturated rings. The molecule has 0 aliphatic heterocycles. The molecule has 1 aliphatic carbocycles. The van der Waals surface area contributed by atoms with E-state index in [1.807, 2.05) is 74.5 Å². The van der Waals surface area contributed by atoms with E-state index in [-0.39, 0.29) is 23.9 Å². The van der Waals surface area contributed by atoms with Gasteiger partial charge >= 0.3 is 5.97 Å². The molecule has 0 radical (unpaired) electrons. The van der Waals surface area contributed by atoms with Crippen LogP contribution in [0, 0.1) is 12.7 Å². The summed E-state index contributed by atoms with van der Waals surface area (Å²) >= 11 is 0. The largest absolute Gasteiger partial charge is 0.493 e. The number of benzene rings is 4. The molecule has 1 amide bonds. The van der Waals surface area contributed by atoms with E-state index >= 15 is 0 Å². The summed E-state index contributed by atoms with van der Waals surface area (Å²) in [6.45, 7) is 5.23. The summed E-state index contributed by atoms with van der Waals surface area (Å²) in [6, 6.07) is 25.4. The number of hydrogen-bond acceptors (Lipinski definition) is 5. The second-order valence-electron chi connectivity index (χ2n) is 10.3. The van der Waals surface area contributed by atoms with Crippen molar-refractivity contribution in [3.63, 3.8) is 0 Å². The van der Waals surface area contributed by atoms with Crippen molar-refractivity contribution in [3.8, 4) is 17.2 Å². The molecule has 0 heterocycles. The molecule has 5 rings (SSSR count). The van der Waals surface area contributed by atoms with Gasteiger partial charge in [0.2, 0.25) is 11.7 Å². The number of halogens is 1. The molecule has 0 bridgehead atoms. The number of aryl methyl sites for hydroxylation is 1. The van der Waals surface area contributed by atoms with Crippen LogP contribution >= 0.6 is 0 Å². The van der Waals surface area contributed by atoms with E-state index in [4.69, 9.17) is 14.2 Å². The van der Waals surface area contributed by atoms with Gasteiger partial charge in [-0.05, 0) is 107 Å². The number of nitrogens with zero attached hydrogens (tertiary/aromatic N) is 1. The van der Waals surface area contributed by atoms with E-state index < -0.39 is 5.97 Å². The highest BCUT2D eigenvalue weighted by molar-refractivity contribution is 6.12. The fraction of sp³-hybridized carbons (Fsp3) is 0.167. The molecule has 4 aromatic rings. The van der Waals surface area contributed by atoms with E-state index in [0.717, 1.165) is 39.2 Å². The maximum Gasteiger partial charge on any atom is 0.308 e. The predicted molar refractivity (Wildman–Crippen MR) is 167 cm³/mol. The third kappa shape index (κ3) is 6.06. The van der Waals surface area contributed by atoms with E-state index in [1.165, 1.54) is 33.3 Å². The minimum Gasteiger partial charge on any atom is -0.493 e. The van der Waals surface area contributed by atoms with Crippen molar-refractivity contribution in [1.29, 1.82) is 0 Å². The summed E-state index contributed by atoms with van der Waals surface area (Å²) in [5.41, 5.74) is 7.17. The molecule has 0 atom stereocenters. The first kappa shape index (κ1) is 29.3. The SMILES string of the molecule is COc1cc(/C=C2/C(C)=C(CC(=O)N(c3ccccc3)c3cccc(C)c3)c3cc(F)ccc32)cc(OC)c1OC(C)=O. The second-order valence-corrected chi connectivity index (χ2v) is 10.3. The zero-order valence-corrected chi connectivity index (χ0v) is 24.7. The fourth-order valence-electron chi connectivity index (χ4n) is 5.39. The number of para-hydroxylation sites is 1. The van der Waals surface area contributed by atoms with Gasteiger partial charge in [0.05, 0.1) is 20.6 Å². The Bertz CT molecular complexity index is 1750.